The minimum atomic E-state index is -1.15. The number of aliphatic hydroxyl groups excluding tert-OH is 3. The summed E-state index contributed by atoms with van der Waals surface area (Å²) >= 11 is 0. The number of aliphatic hydroxyl groups is 4. The van der Waals surface area contributed by atoms with Crippen LogP contribution in [0.4, 0.5) is 0 Å². The fraction of sp³-hybridized carbons (Fsp3) is 0.897. The maximum atomic E-state index is 12.4. The van der Waals surface area contributed by atoms with Crippen molar-refractivity contribution in [3.63, 3.8) is 0 Å². The van der Waals surface area contributed by atoms with Gasteiger partial charge in [-0.3, -0.25) is 4.84 Å². The highest BCUT2D eigenvalue weighted by atomic mass is 16.7. The van der Waals surface area contributed by atoms with Gasteiger partial charge in [-0.15, -0.1) is 0 Å². The Kier molecular flexibility index (Phi) is 6.78. The van der Waals surface area contributed by atoms with Gasteiger partial charge in [0.25, 0.3) is 0 Å². The molecule has 0 aromatic heterocycles. The molecule has 1 saturated heterocycles. The summed E-state index contributed by atoms with van der Waals surface area (Å²) in [5.74, 6) is 1.11. The minimum absolute atomic E-state index is 0.0403. The summed E-state index contributed by atoms with van der Waals surface area (Å²) in [7, 11) is 1.58. The molecule has 2 heterocycles. The lowest BCUT2D eigenvalue weighted by Gasteiger charge is -2.64. The molecule has 214 valence electrons. The zero-order valence-electron chi connectivity index (χ0n) is 22.9. The van der Waals surface area contributed by atoms with Gasteiger partial charge in [0.2, 0.25) is 0 Å². The molecular formula is C29H45NO8. The van der Waals surface area contributed by atoms with Gasteiger partial charge in [-0.25, -0.2) is 4.79 Å². The maximum Gasteiger partial charge on any atom is 0.331 e. The molecule has 6 aliphatic rings. The van der Waals surface area contributed by atoms with Crippen molar-refractivity contribution in [2.45, 2.75) is 108 Å². The van der Waals surface area contributed by atoms with Crippen LogP contribution in [0.1, 0.15) is 71.6 Å². The molecule has 38 heavy (non-hydrogen) atoms. The van der Waals surface area contributed by atoms with Crippen LogP contribution in [-0.2, 0) is 19.1 Å². The first kappa shape index (κ1) is 27.1. The first-order chi connectivity index (χ1) is 18.1. The number of hydrogen-bond donors (Lipinski definition) is 4. The normalized spacial score (nSPS) is 52.4. The summed E-state index contributed by atoms with van der Waals surface area (Å²) in [5, 5.41) is 44.6. The molecular weight excluding hydrogens is 490 g/mol. The number of carbonyl (C=O) groups is 1. The zero-order valence-corrected chi connectivity index (χ0v) is 22.9. The highest BCUT2D eigenvalue weighted by Crippen LogP contribution is 2.70. The van der Waals surface area contributed by atoms with Crippen LogP contribution in [0.2, 0.25) is 0 Å². The van der Waals surface area contributed by atoms with Crippen molar-refractivity contribution in [2.24, 2.45) is 34.5 Å². The van der Waals surface area contributed by atoms with E-state index in [1.807, 2.05) is 0 Å². The molecule has 4 saturated carbocycles. The lowest BCUT2D eigenvalue weighted by Crippen LogP contribution is -2.63. The Hall–Kier alpha value is -1.07. The van der Waals surface area contributed by atoms with E-state index in [0.29, 0.717) is 18.4 Å². The Labute approximate surface area is 225 Å². The Morgan fingerprint density at radius 3 is 2.50 bits per heavy atom. The van der Waals surface area contributed by atoms with Crippen LogP contribution in [0.15, 0.2) is 11.6 Å². The quantitative estimate of drug-likeness (QED) is 0.308. The van der Waals surface area contributed by atoms with Gasteiger partial charge in [-0.05, 0) is 92.4 Å². The van der Waals surface area contributed by atoms with Crippen LogP contribution in [-0.4, -0.2) is 88.0 Å². The second-order valence-electron chi connectivity index (χ2n) is 13.5. The molecule has 4 unspecified atom stereocenters. The van der Waals surface area contributed by atoms with E-state index in [4.69, 9.17) is 14.3 Å². The van der Waals surface area contributed by atoms with Crippen molar-refractivity contribution in [3.8, 4) is 0 Å². The lowest BCUT2D eigenvalue weighted by atomic mass is 9.43. The standard InChI is InChI=1S/C29H45NO8/c1-27-9-6-18(30(36-3)26-25(34)24(33)22(14-31)38-26)13-17(27)4-5-21-20(27)7-10-28(2)19(8-11-29(21,28)35)16-12-23(32)37-15-16/h12,17-22,24-26,31,33-35H,4-11,13-15H2,1-3H3/t17?,18-,19-,20?,21?,22-,24-,25-,26?,27+,28-,29+/m1/s1. The van der Waals surface area contributed by atoms with Gasteiger partial charge >= 0.3 is 5.97 Å². The average molecular weight is 536 g/mol. The number of rotatable bonds is 5. The Balaban J connectivity index is 1.19. The average Bonchev–Trinajstić information content (AvgIpc) is 3.53. The minimum Gasteiger partial charge on any atom is -0.458 e. The van der Waals surface area contributed by atoms with Gasteiger partial charge in [-0.2, -0.15) is 5.06 Å². The third kappa shape index (κ3) is 3.72. The first-order valence-corrected chi connectivity index (χ1v) is 14.6. The summed E-state index contributed by atoms with van der Waals surface area (Å²) < 4.78 is 11.1. The highest BCUT2D eigenvalue weighted by Gasteiger charge is 2.68. The number of fused-ring (bicyclic) bond motifs is 5. The molecule has 9 heteroatoms. The fourth-order valence-corrected chi connectivity index (χ4v) is 10.2. The molecule has 12 atom stereocenters. The molecule has 2 aliphatic heterocycles. The number of carbonyl (C=O) groups excluding carboxylic acids is 1. The zero-order chi connectivity index (χ0) is 27.0. The number of esters is 1. The summed E-state index contributed by atoms with van der Waals surface area (Å²) in [6, 6.07) is 0.0403. The Morgan fingerprint density at radius 2 is 1.84 bits per heavy atom. The molecule has 4 aliphatic carbocycles. The van der Waals surface area contributed by atoms with E-state index in [0.717, 1.165) is 63.4 Å². The molecule has 0 radical (unpaired) electrons. The molecule has 4 N–H and O–H groups in total. The van der Waals surface area contributed by atoms with Crippen molar-refractivity contribution < 1.29 is 39.5 Å². The van der Waals surface area contributed by atoms with Crippen LogP contribution in [0, 0.1) is 34.5 Å². The van der Waals surface area contributed by atoms with E-state index in [2.05, 4.69) is 13.8 Å². The van der Waals surface area contributed by atoms with Gasteiger partial charge in [0, 0.05) is 17.5 Å². The molecule has 0 bridgehead atoms. The topological polar surface area (TPSA) is 129 Å². The predicted octanol–water partition coefficient (Wildman–Crippen LogP) is 1.91. The third-order valence-corrected chi connectivity index (χ3v) is 12.3. The van der Waals surface area contributed by atoms with Crippen LogP contribution < -0.4 is 0 Å². The Morgan fingerprint density at radius 1 is 1.05 bits per heavy atom. The van der Waals surface area contributed by atoms with Crippen molar-refractivity contribution in [3.05, 3.63) is 11.6 Å². The van der Waals surface area contributed by atoms with E-state index >= 15 is 0 Å². The van der Waals surface area contributed by atoms with Gasteiger partial charge in [0.05, 0.1) is 19.3 Å². The van der Waals surface area contributed by atoms with Gasteiger partial charge in [0.15, 0.2) is 6.23 Å². The van der Waals surface area contributed by atoms with Crippen LogP contribution >= 0.6 is 0 Å². The molecule has 0 aromatic carbocycles. The van der Waals surface area contributed by atoms with E-state index in [-0.39, 0.29) is 41.3 Å². The van der Waals surface area contributed by atoms with Crippen molar-refractivity contribution in [2.75, 3.05) is 20.3 Å². The van der Waals surface area contributed by atoms with Crippen LogP contribution in [0.25, 0.3) is 0 Å². The maximum absolute atomic E-state index is 12.4. The molecule has 9 nitrogen and oxygen atoms in total. The highest BCUT2D eigenvalue weighted by molar-refractivity contribution is 5.85. The molecule has 0 aromatic rings. The van der Waals surface area contributed by atoms with Crippen molar-refractivity contribution in [1.29, 1.82) is 0 Å². The van der Waals surface area contributed by atoms with Gasteiger partial charge in [-0.1, -0.05) is 13.8 Å². The smallest absolute Gasteiger partial charge is 0.331 e. The van der Waals surface area contributed by atoms with Gasteiger partial charge in [0.1, 0.15) is 24.9 Å². The fourth-order valence-electron chi connectivity index (χ4n) is 10.2. The first-order valence-electron chi connectivity index (χ1n) is 14.6. The molecule has 0 amide bonds. The van der Waals surface area contributed by atoms with Crippen molar-refractivity contribution in [1.82, 2.24) is 5.06 Å². The van der Waals surface area contributed by atoms with E-state index < -0.39 is 30.1 Å². The predicted molar refractivity (Wildman–Crippen MR) is 136 cm³/mol. The van der Waals surface area contributed by atoms with E-state index in [1.54, 1.807) is 18.2 Å². The summed E-state index contributed by atoms with van der Waals surface area (Å²) in [6.07, 6.45) is 6.29. The largest absolute Gasteiger partial charge is 0.458 e. The second-order valence-corrected chi connectivity index (χ2v) is 13.5. The van der Waals surface area contributed by atoms with E-state index in [9.17, 15) is 25.2 Å². The van der Waals surface area contributed by atoms with Gasteiger partial charge < -0.3 is 29.9 Å². The number of hydrogen-bond acceptors (Lipinski definition) is 9. The number of hydroxylamine groups is 2. The summed E-state index contributed by atoms with van der Waals surface area (Å²) in [4.78, 5) is 17.5. The van der Waals surface area contributed by atoms with E-state index in [1.165, 1.54) is 0 Å². The second kappa shape index (κ2) is 9.50. The molecule has 6 rings (SSSR count). The summed E-state index contributed by atoms with van der Waals surface area (Å²) in [6.45, 7) is 4.70. The van der Waals surface area contributed by atoms with Crippen molar-refractivity contribution >= 4 is 5.97 Å². The number of nitrogens with zero attached hydrogens (tertiary/aromatic N) is 1. The molecule has 0 spiro atoms. The number of cyclic esters (lactones) is 1. The SMILES string of the molecule is CON(C1O[C@H](CO)[C@@H](O)[C@H]1O)[C@@H]1CC[C@@]2(C)C(CCC3C2CC[C@]2(C)[C@@H](C4=CC(=O)OC4)CC[C@]32O)C1. The monoisotopic (exact) mass is 535 g/mol. The van der Waals surface area contributed by atoms with Crippen LogP contribution in [0.3, 0.4) is 0 Å². The third-order valence-electron chi connectivity index (χ3n) is 12.3. The Bertz CT molecular complexity index is 974. The number of ether oxygens (including phenoxy) is 2. The van der Waals surface area contributed by atoms with Crippen LogP contribution in [0.5, 0.6) is 0 Å². The summed E-state index contributed by atoms with van der Waals surface area (Å²) in [5.41, 5.74) is 0.216. The lowest BCUT2D eigenvalue weighted by molar-refractivity contribution is -0.284. The molecule has 5 fully saturated rings.